The number of nitrogens with zero attached hydrogens (tertiary/aromatic N) is 3. The minimum absolute atomic E-state index is 0.0844. The SMILES string of the molecule is CNC(=O)c1ccc([C@@H]2CCCCN2Cc2nc3c(F)cccc3[nH]2)n1C. The molecular formula is C20H24FN5O. The van der Waals surface area contributed by atoms with Crippen molar-refractivity contribution in [2.45, 2.75) is 31.8 Å². The number of halogens is 1. The zero-order valence-electron chi connectivity index (χ0n) is 15.6. The summed E-state index contributed by atoms with van der Waals surface area (Å²) in [4.78, 5) is 22.1. The number of fused-ring (bicyclic) bond motifs is 1. The van der Waals surface area contributed by atoms with Crippen molar-refractivity contribution in [2.75, 3.05) is 13.6 Å². The van der Waals surface area contributed by atoms with Gasteiger partial charge >= 0.3 is 0 Å². The number of para-hydroxylation sites is 1. The first-order chi connectivity index (χ1) is 13.1. The first-order valence-electron chi connectivity index (χ1n) is 9.33. The Labute approximate surface area is 157 Å². The molecule has 0 spiro atoms. The predicted molar refractivity (Wildman–Crippen MR) is 102 cm³/mol. The van der Waals surface area contributed by atoms with E-state index in [9.17, 15) is 9.18 Å². The van der Waals surface area contributed by atoms with Crippen LogP contribution in [0.3, 0.4) is 0 Å². The number of likely N-dealkylation sites (tertiary alicyclic amines) is 1. The van der Waals surface area contributed by atoms with Crippen molar-refractivity contribution in [1.29, 1.82) is 0 Å². The van der Waals surface area contributed by atoms with Crippen LogP contribution in [0.25, 0.3) is 11.0 Å². The van der Waals surface area contributed by atoms with E-state index in [1.54, 1.807) is 13.1 Å². The molecular weight excluding hydrogens is 345 g/mol. The maximum absolute atomic E-state index is 13.9. The van der Waals surface area contributed by atoms with Gasteiger partial charge in [0, 0.05) is 19.8 Å². The minimum Gasteiger partial charge on any atom is -0.354 e. The summed E-state index contributed by atoms with van der Waals surface area (Å²) in [5, 5.41) is 2.69. The van der Waals surface area contributed by atoms with Crippen LogP contribution in [0.4, 0.5) is 4.39 Å². The summed E-state index contributed by atoms with van der Waals surface area (Å²) in [5.41, 5.74) is 2.89. The van der Waals surface area contributed by atoms with Crippen molar-refractivity contribution in [3.63, 3.8) is 0 Å². The van der Waals surface area contributed by atoms with Crippen LogP contribution < -0.4 is 5.32 Å². The zero-order valence-corrected chi connectivity index (χ0v) is 15.6. The van der Waals surface area contributed by atoms with Crippen LogP contribution in [0.1, 0.15) is 47.3 Å². The molecule has 0 unspecified atom stereocenters. The summed E-state index contributed by atoms with van der Waals surface area (Å²) >= 11 is 0. The molecule has 4 rings (SSSR count). The maximum atomic E-state index is 13.9. The second kappa shape index (κ2) is 7.15. The molecule has 1 saturated heterocycles. The number of carbonyl (C=O) groups excluding carboxylic acids is 1. The molecule has 0 saturated carbocycles. The van der Waals surface area contributed by atoms with E-state index in [1.165, 1.54) is 6.07 Å². The van der Waals surface area contributed by atoms with Gasteiger partial charge < -0.3 is 14.9 Å². The minimum atomic E-state index is -0.303. The van der Waals surface area contributed by atoms with Crippen LogP contribution in [0.5, 0.6) is 0 Å². The normalized spacial score (nSPS) is 18.1. The zero-order chi connectivity index (χ0) is 19.0. The van der Waals surface area contributed by atoms with Gasteiger partial charge in [0.05, 0.1) is 18.1 Å². The van der Waals surface area contributed by atoms with E-state index in [0.29, 0.717) is 17.8 Å². The molecule has 1 aromatic carbocycles. The van der Waals surface area contributed by atoms with Crippen LogP contribution >= 0.6 is 0 Å². The smallest absolute Gasteiger partial charge is 0.267 e. The van der Waals surface area contributed by atoms with Gasteiger partial charge in [0.25, 0.3) is 5.91 Å². The van der Waals surface area contributed by atoms with Gasteiger partial charge in [0.15, 0.2) is 5.82 Å². The van der Waals surface area contributed by atoms with Crippen LogP contribution in [-0.4, -0.2) is 38.9 Å². The number of nitrogens with one attached hydrogen (secondary N) is 2. The Morgan fingerprint density at radius 3 is 2.96 bits per heavy atom. The molecule has 6 nitrogen and oxygen atoms in total. The van der Waals surface area contributed by atoms with Crippen molar-refractivity contribution in [3.05, 3.63) is 53.4 Å². The van der Waals surface area contributed by atoms with E-state index in [2.05, 4.69) is 20.2 Å². The van der Waals surface area contributed by atoms with Crippen LogP contribution in [0.15, 0.2) is 30.3 Å². The van der Waals surface area contributed by atoms with E-state index < -0.39 is 0 Å². The highest BCUT2D eigenvalue weighted by Crippen LogP contribution is 2.33. The molecule has 7 heteroatoms. The number of benzene rings is 1. The molecule has 1 amide bonds. The van der Waals surface area contributed by atoms with E-state index in [4.69, 9.17) is 0 Å². The Hall–Kier alpha value is -2.67. The third kappa shape index (κ3) is 3.23. The third-order valence-corrected chi connectivity index (χ3v) is 5.44. The number of H-pyrrole nitrogens is 1. The van der Waals surface area contributed by atoms with Crippen molar-refractivity contribution < 1.29 is 9.18 Å². The number of hydrogen-bond acceptors (Lipinski definition) is 3. The summed E-state index contributed by atoms with van der Waals surface area (Å²) in [6, 6.07) is 9.08. The summed E-state index contributed by atoms with van der Waals surface area (Å²) in [5.74, 6) is 0.379. The largest absolute Gasteiger partial charge is 0.354 e. The molecule has 0 radical (unpaired) electrons. The van der Waals surface area contributed by atoms with Gasteiger partial charge in [0.2, 0.25) is 0 Å². The van der Waals surface area contributed by atoms with Crippen molar-refractivity contribution in [3.8, 4) is 0 Å². The van der Waals surface area contributed by atoms with Gasteiger partial charge in [-0.05, 0) is 43.7 Å². The molecule has 1 fully saturated rings. The molecule has 3 aromatic rings. The molecule has 0 aliphatic carbocycles. The fourth-order valence-electron chi connectivity index (χ4n) is 4.05. The Kier molecular flexibility index (Phi) is 4.70. The Bertz CT molecular complexity index is 976. The lowest BCUT2D eigenvalue weighted by Gasteiger charge is -2.35. The van der Waals surface area contributed by atoms with Crippen LogP contribution in [0.2, 0.25) is 0 Å². The average molecular weight is 369 g/mol. The lowest BCUT2D eigenvalue weighted by molar-refractivity contribution is 0.0952. The lowest BCUT2D eigenvalue weighted by atomic mass is 9.99. The number of aromatic nitrogens is 3. The van der Waals surface area contributed by atoms with E-state index in [-0.39, 0.29) is 17.8 Å². The third-order valence-electron chi connectivity index (χ3n) is 5.44. The Morgan fingerprint density at radius 1 is 1.33 bits per heavy atom. The lowest BCUT2D eigenvalue weighted by Crippen LogP contribution is -2.34. The predicted octanol–water partition coefficient (Wildman–Crippen LogP) is 3.13. The van der Waals surface area contributed by atoms with Gasteiger partial charge in [-0.25, -0.2) is 9.37 Å². The molecule has 3 heterocycles. The second-order valence-electron chi connectivity index (χ2n) is 7.08. The molecule has 27 heavy (non-hydrogen) atoms. The number of amides is 1. The molecule has 0 bridgehead atoms. The summed E-state index contributed by atoms with van der Waals surface area (Å²) in [6.07, 6.45) is 3.30. The maximum Gasteiger partial charge on any atom is 0.267 e. The molecule has 2 N–H and O–H groups in total. The van der Waals surface area contributed by atoms with Gasteiger partial charge in [0.1, 0.15) is 17.0 Å². The van der Waals surface area contributed by atoms with Crippen LogP contribution in [-0.2, 0) is 13.6 Å². The second-order valence-corrected chi connectivity index (χ2v) is 7.08. The fraction of sp³-hybridized carbons (Fsp3) is 0.400. The first kappa shape index (κ1) is 17.7. The number of carbonyl (C=O) groups is 1. The first-order valence-corrected chi connectivity index (χ1v) is 9.33. The highest BCUT2D eigenvalue weighted by atomic mass is 19.1. The summed E-state index contributed by atoms with van der Waals surface area (Å²) in [7, 11) is 3.58. The molecule has 1 atom stereocenters. The standard InChI is InChI=1S/C20H24FN5O/c1-22-20(27)17-10-9-15(25(17)2)16-8-3-4-11-26(16)12-18-23-14-7-5-6-13(21)19(14)24-18/h5-7,9-10,16H,3-4,8,11-12H2,1-2H3,(H,22,27)(H,23,24)/t16-/m0/s1. The van der Waals surface area contributed by atoms with E-state index in [1.807, 2.05) is 29.8 Å². The van der Waals surface area contributed by atoms with Gasteiger partial charge in [-0.2, -0.15) is 0 Å². The number of hydrogen-bond donors (Lipinski definition) is 2. The highest BCUT2D eigenvalue weighted by Gasteiger charge is 2.28. The van der Waals surface area contributed by atoms with Crippen molar-refractivity contribution in [1.82, 2.24) is 24.8 Å². The quantitative estimate of drug-likeness (QED) is 0.743. The summed E-state index contributed by atoms with van der Waals surface area (Å²) in [6.45, 7) is 1.57. The summed E-state index contributed by atoms with van der Waals surface area (Å²) < 4.78 is 15.9. The molecule has 1 aliphatic rings. The Morgan fingerprint density at radius 2 is 2.19 bits per heavy atom. The fourth-order valence-corrected chi connectivity index (χ4v) is 4.05. The van der Waals surface area contributed by atoms with E-state index in [0.717, 1.165) is 42.8 Å². The average Bonchev–Trinajstić information content (AvgIpc) is 3.26. The number of aromatic amines is 1. The highest BCUT2D eigenvalue weighted by molar-refractivity contribution is 5.92. The van der Waals surface area contributed by atoms with Crippen molar-refractivity contribution in [2.24, 2.45) is 7.05 Å². The van der Waals surface area contributed by atoms with E-state index >= 15 is 0 Å². The molecule has 142 valence electrons. The monoisotopic (exact) mass is 369 g/mol. The number of rotatable bonds is 4. The number of piperidine rings is 1. The number of imidazole rings is 1. The van der Waals surface area contributed by atoms with Gasteiger partial charge in [-0.3, -0.25) is 9.69 Å². The topological polar surface area (TPSA) is 66.0 Å². The van der Waals surface area contributed by atoms with Crippen LogP contribution in [0, 0.1) is 5.82 Å². The Balaban J connectivity index is 1.62. The molecule has 2 aromatic heterocycles. The van der Waals surface area contributed by atoms with Gasteiger partial charge in [-0.15, -0.1) is 0 Å². The molecule has 1 aliphatic heterocycles. The van der Waals surface area contributed by atoms with Gasteiger partial charge in [-0.1, -0.05) is 12.5 Å². The van der Waals surface area contributed by atoms with Crippen molar-refractivity contribution >= 4 is 16.9 Å².